The molecule has 0 aliphatic heterocycles. The lowest BCUT2D eigenvalue weighted by molar-refractivity contribution is 0.484. The highest BCUT2D eigenvalue weighted by atomic mass is 32.2. The van der Waals surface area contributed by atoms with E-state index in [9.17, 15) is 13.0 Å². The first-order valence-electron chi connectivity index (χ1n) is 8.52. The molecule has 2 aromatic rings. The molecule has 0 amide bonds. The van der Waals surface area contributed by atoms with Gasteiger partial charge in [0, 0.05) is 5.39 Å². The molecule has 0 aromatic heterocycles. The Balaban J connectivity index is 2.05. The van der Waals surface area contributed by atoms with Crippen molar-refractivity contribution in [3.05, 3.63) is 42.0 Å². The molecule has 0 atom stereocenters. The van der Waals surface area contributed by atoms with Crippen LogP contribution in [-0.2, 0) is 16.5 Å². The summed E-state index contributed by atoms with van der Waals surface area (Å²) in [5.41, 5.74) is 1.15. The third kappa shape index (κ3) is 5.05. The maximum atomic E-state index is 11.5. The zero-order valence-electron chi connectivity index (χ0n) is 13.8. The maximum Gasteiger partial charge on any atom is 0.295 e. The van der Waals surface area contributed by atoms with Gasteiger partial charge in [-0.2, -0.15) is 8.42 Å². The van der Waals surface area contributed by atoms with Gasteiger partial charge in [0.1, 0.15) is 4.90 Å². The summed E-state index contributed by atoms with van der Waals surface area (Å²) in [5.74, 6) is 0. The van der Waals surface area contributed by atoms with Gasteiger partial charge in [-0.15, -0.1) is 0 Å². The summed E-state index contributed by atoms with van der Waals surface area (Å²) in [6.07, 6.45) is 9.74. The maximum absolute atomic E-state index is 11.5. The van der Waals surface area contributed by atoms with E-state index in [0.29, 0.717) is 5.39 Å². The Morgan fingerprint density at radius 1 is 0.826 bits per heavy atom. The molecule has 23 heavy (non-hydrogen) atoms. The molecule has 0 unspecified atom stereocenters. The normalized spacial score (nSPS) is 11.9. The van der Waals surface area contributed by atoms with E-state index in [-0.39, 0.29) is 4.90 Å². The molecule has 2 rings (SSSR count). The number of unbranched alkanes of at least 4 members (excludes halogenated alkanes) is 6. The summed E-state index contributed by atoms with van der Waals surface area (Å²) in [5, 5.41) is 1.53. The van der Waals surface area contributed by atoms with Crippen LogP contribution in [-0.4, -0.2) is 13.0 Å². The minimum Gasteiger partial charge on any atom is -0.282 e. The third-order valence-corrected chi connectivity index (χ3v) is 5.21. The first kappa shape index (κ1) is 18.0. The monoisotopic (exact) mass is 334 g/mol. The Hall–Kier alpha value is -1.39. The minimum absolute atomic E-state index is 0.00332. The van der Waals surface area contributed by atoms with Gasteiger partial charge in [-0.05, 0) is 29.9 Å². The van der Waals surface area contributed by atoms with Crippen molar-refractivity contribution in [1.29, 1.82) is 0 Å². The molecule has 0 saturated carbocycles. The summed E-state index contributed by atoms with van der Waals surface area (Å²) in [6, 6.07) is 10.8. The molecule has 0 aliphatic carbocycles. The fourth-order valence-corrected chi connectivity index (χ4v) is 3.77. The highest BCUT2D eigenvalue weighted by Crippen LogP contribution is 2.26. The molecule has 0 aliphatic rings. The average molecular weight is 334 g/mol. The highest BCUT2D eigenvalue weighted by Gasteiger charge is 2.14. The zero-order valence-corrected chi connectivity index (χ0v) is 14.6. The van der Waals surface area contributed by atoms with Gasteiger partial charge in [-0.1, -0.05) is 75.8 Å². The van der Waals surface area contributed by atoms with E-state index in [4.69, 9.17) is 0 Å². The minimum atomic E-state index is -4.18. The molecule has 2 aromatic carbocycles. The molecule has 1 N–H and O–H groups in total. The Bertz CT molecular complexity index is 735. The molecule has 3 nitrogen and oxygen atoms in total. The van der Waals surface area contributed by atoms with Gasteiger partial charge in [-0.25, -0.2) is 0 Å². The van der Waals surface area contributed by atoms with E-state index < -0.39 is 10.1 Å². The van der Waals surface area contributed by atoms with Crippen LogP contribution in [0.1, 0.15) is 57.4 Å². The molecule has 0 saturated heterocycles. The van der Waals surface area contributed by atoms with Crippen molar-refractivity contribution in [3.63, 3.8) is 0 Å². The van der Waals surface area contributed by atoms with Crippen molar-refractivity contribution in [2.45, 2.75) is 63.2 Å². The van der Waals surface area contributed by atoms with E-state index in [2.05, 4.69) is 6.92 Å². The van der Waals surface area contributed by atoms with Crippen molar-refractivity contribution in [1.82, 2.24) is 0 Å². The van der Waals surface area contributed by atoms with Gasteiger partial charge in [0.25, 0.3) is 10.1 Å². The SMILES string of the molecule is CCCCCCCCCc1cccc2c(S(=O)(=O)O)cccc12. The fraction of sp³-hybridized carbons (Fsp3) is 0.474. The number of fused-ring (bicyclic) bond motifs is 1. The Kier molecular flexibility index (Phi) is 6.60. The lowest BCUT2D eigenvalue weighted by Crippen LogP contribution is -1.99. The molecule has 0 bridgehead atoms. The first-order chi connectivity index (χ1) is 11.0. The van der Waals surface area contributed by atoms with Crippen LogP contribution < -0.4 is 0 Å². The van der Waals surface area contributed by atoms with E-state index >= 15 is 0 Å². The Morgan fingerprint density at radius 3 is 2.13 bits per heavy atom. The number of benzene rings is 2. The molecular formula is C19H26O3S. The van der Waals surface area contributed by atoms with Crippen LogP contribution in [0.2, 0.25) is 0 Å². The summed E-state index contributed by atoms with van der Waals surface area (Å²) in [7, 11) is -4.18. The van der Waals surface area contributed by atoms with Gasteiger partial charge >= 0.3 is 0 Å². The molecule has 0 fully saturated rings. The van der Waals surface area contributed by atoms with Crippen molar-refractivity contribution < 1.29 is 13.0 Å². The van der Waals surface area contributed by atoms with Crippen molar-refractivity contribution >= 4 is 20.9 Å². The second-order valence-electron chi connectivity index (χ2n) is 6.11. The van der Waals surface area contributed by atoms with Crippen LogP contribution in [0.5, 0.6) is 0 Å². The fourth-order valence-electron chi connectivity index (χ4n) is 3.06. The summed E-state index contributed by atoms with van der Waals surface area (Å²) < 4.78 is 32.4. The summed E-state index contributed by atoms with van der Waals surface area (Å²) in [6.45, 7) is 2.22. The molecule has 0 spiro atoms. The predicted molar refractivity (Wildman–Crippen MR) is 95.5 cm³/mol. The van der Waals surface area contributed by atoms with Gasteiger partial charge in [0.05, 0.1) is 0 Å². The number of hydrogen-bond acceptors (Lipinski definition) is 2. The van der Waals surface area contributed by atoms with E-state index in [1.807, 2.05) is 18.2 Å². The second-order valence-corrected chi connectivity index (χ2v) is 7.50. The number of rotatable bonds is 9. The third-order valence-electron chi connectivity index (χ3n) is 4.30. The molecular weight excluding hydrogens is 308 g/mol. The van der Waals surface area contributed by atoms with E-state index in [1.165, 1.54) is 44.6 Å². The van der Waals surface area contributed by atoms with Crippen LogP contribution in [0, 0.1) is 0 Å². The topological polar surface area (TPSA) is 54.4 Å². The quantitative estimate of drug-likeness (QED) is 0.495. The van der Waals surface area contributed by atoms with Gasteiger partial charge in [0.15, 0.2) is 0 Å². The summed E-state index contributed by atoms with van der Waals surface area (Å²) in [4.78, 5) is -0.00332. The molecule has 126 valence electrons. The first-order valence-corrected chi connectivity index (χ1v) is 9.96. The lowest BCUT2D eigenvalue weighted by Gasteiger charge is -2.09. The predicted octanol–water partition coefficient (Wildman–Crippen LogP) is 5.38. The van der Waals surface area contributed by atoms with Crippen LogP contribution >= 0.6 is 0 Å². The van der Waals surface area contributed by atoms with Crippen LogP contribution in [0.3, 0.4) is 0 Å². The average Bonchev–Trinajstić information content (AvgIpc) is 2.52. The van der Waals surface area contributed by atoms with Gasteiger partial charge < -0.3 is 0 Å². The lowest BCUT2D eigenvalue weighted by atomic mass is 9.99. The van der Waals surface area contributed by atoms with Crippen molar-refractivity contribution in [2.24, 2.45) is 0 Å². The second kappa shape index (κ2) is 8.46. The Labute approximate surface area is 139 Å². The molecule has 0 radical (unpaired) electrons. The Morgan fingerprint density at radius 2 is 1.43 bits per heavy atom. The molecule has 0 heterocycles. The highest BCUT2D eigenvalue weighted by molar-refractivity contribution is 7.86. The van der Waals surface area contributed by atoms with Gasteiger partial charge in [0.2, 0.25) is 0 Å². The number of aryl methyl sites for hydroxylation is 1. The standard InChI is InChI=1S/C19H26O3S/c1-2-3-4-5-6-7-8-11-16-12-9-14-18-17(16)13-10-15-19(18)23(20,21)22/h9-10,12-15H,2-8,11H2,1H3,(H,20,21,22). The smallest absolute Gasteiger partial charge is 0.282 e. The van der Waals surface area contributed by atoms with Gasteiger partial charge in [-0.3, -0.25) is 4.55 Å². The van der Waals surface area contributed by atoms with E-state index in [0.717, 1.165) is 23.8 Å². The van der Waals surface area contributed by atoms with Crippen molar-refractivity contribution in [3.8, 4) is 0 Å². The van der Waals surface area contributed by atoms with E-state index in [1.54, 1.807) is 12.1 Å². The number of hydrogen-bond donors (Lipinski definition) is 1. The van der Waals surface area contributed by atoms with Crippen molar-refractivity contribution in [2.75, 3.05) is 0 Å². The van der Waals surface area contributed by atoms with Crippen LogP contribution in [0.4, 0.5) is 0 Å². The van der Waals surface area contributed by atoms with Crippen LogP contribution in [0.15, 0.2) is 41.3 Å². The largest absolute Gasteiger partial charge is 0.295 e. The summed E-state index contributed by atoms with van der Waals surface area (Å²) >= 11 is 0. The zero-order chi connectivity index (χ0) is 16.7. The molecule has 4 heteroatoms. The van der Waals surface area contributed by atoms with Crippen LogP contribution in [0.25, 0.3) is 10.8 Å².